The molecule has 1 aromatic heterocycles. The highest BCUT2D eigenvalue weighted by molar-refractivity contribution is 7.13. The molecule has 1 fully saturated rings. The first-order chi connectivity index (χ1) is 9.70. The lowest BCUT2D eigenvalue weighted by molar-refractivity contribution is -0.135. The number of thiazole rings is 1. The molecule has 0 bridgehead atoms. The van der Waals surface area contributed by atoms with Crippen LogP contribution in [0.5, 0.6) is 0 Å². The van der Waals surface area contributed by atoms with Gasteiger partial charge in [-0.15, -0.1) is 11.3 Å². The second kappa shape index (κ2) is 8.74. The van der Waals surface area contributed by atoms with E-state index in [9.17, 15) is 9.59 Å². The van der Waals surface area contributed by atoms with Crippen LogP contribution in [0, 0.1) is 0 Å². The zero-order valence-electron chi connectivity index (χ0n) is 11.6. The Morgan fingerprint density at radius 2 is 2.19 bits per heavy atom. The molecular weight excluding hydrogens is 290 g/mol. The van der Waals surface area contributed by atoms with Gasteiger partial charge in [-0.2, -0.15) is 0 Å². The normalized spacial score (nSPS) is 14.4. The second-order valence-corrected chi connectivity index (χ2v) is 5.60. The molecule has 0 aromatic carbocycles. The number of aromatic nitrogens is 1. The Hall–Kier alpha value is -1.47. The van der Waals surface area contributed by atoms with Crippen LogP contribution in [0.25, 0.3) is 0 Å². The average Bonchev–Trinajstić information content (AvgIpc) is 2.97. The van der Waals surface area contributed by atoms with Gasteiger partial charge in [0.1, 0.15) is 0 Å². The molecule has 0 radical (unpaired) electrons. The molecule has 7 heteroatoms. The quantitative estimate of drug-likeness (QED) is 0.895. The van der Waals surface area contributed by atoms with Crippen LogP contribution in [0.4, 0.5) is 0 Å². The molecule has 0 spiro atoms. The summed E-state index contributed by atoms with van der Waals surface area (Å²) in [7, 11) is 0. The monoisotopic (exact) mass is 315 g/mol. The Labute approximate surface area is 131 Å². The van der Waals surface area contributed by atoms with E-state index < -0.39 is 0 Å². The summed E-state index contributed by atoms with van der Waals surface area (Å²) in [5.41, 5.74) is 0. The lowest BCUT2D eigenvalue weighted by atomic mass is 10.3. The molecule has 0 unspecified atom stereocenters. The minimum atomic E-state index is -0.204. The van der Waals surface area contributed by atoms with Gasteiger partial charge in [-0.05, 0) is 6.42 Å². The summed E-state index contributed by atoms with van der Waals surface area (Å²) in [5.74, 6) is -0.147. The van der Waals surface area contributed by atoms with Gasteiger partial charge in [0, 0.05) is 38.6 Å². The highest BCUT2D eigenvalue weighted by atomic mass is 32.1. The molecule has 2 rings (SSSR count). The summed E-state index contributed by atoms with van der Waals surface area (Å²) in [6, 6.07) is 0. The number of carbonyl (C=O) groups excluding carboxylic acids is 2. The number of carbonyl (C=O) groups is 2. The van der Waals surface area contributed by atoms with Gasteiger partial charge in [0.05, 0.1) is 13.2 Å². The van der Waals surface area contributed by atoms with E-state index in [0.717, 1.165) is 11.3 Å². The van der Waals surface area contributed by atoms with E-state index in [2.05, 4.69) is 10.3 Å². The minimum Gasteiger partial charge on any atom is -0.378 e. The van der Waals surface area contributed by atoms with E-state index in [1.807, 2.05) is 6.92 Å². The minimum absolute atomic E-state index is 0. The third-order valence-corrected chi connectivity index (χ3v) is 4.22. The molecule has 21 heavy (non-hydrogen) atoms. The Balaban J connectivity index is 0.00000220. The summed E-state index contributed by atoms with van der Waals surface area (Å²) in [4.78, 5) is 30.6. The fourth-order valence-electron chi connectivity index (χ4n) is 1.91. The molecule has 1 N–H and O–H groups in total. The molecule has 6 nitrogen and oxygen atoms in total. The van der Waals surface area contributed by atoms with E-state index in [1.165, 1.54) is 11.3 Å². The Morgan fingerprint density at radius 1 is 1.48 bits per heavy atom. The third-order valence-electron chi connectivity index (χ3n) is 3.08. The van der Waals surface area contributed by atoms with Crippen molar-refractivity contribution < 1.29 is 15.8 Å². The molecule has 1 aliphatic rings. The van der Waals surface area contributed by atoms with Crippen LogP contribution in [0.2, 0.25) is 0 Å². The number of hydrogen-bond donors (Lipinski definition) is 1. The molecule has 0 atom stereocenters. The van der Waals surface area contributed by atoms with Crippen LogP contribution >= 0.6 is 11.3 Å². The first-order valence-corrected chi connectivity index (χ1v) is 7.60. The Morgan fingerprint density at radius 3 is 2.81 bits per heavy atom. The van der Waals surface area contributed by atoms with Gasteiger partial charge in [-0.25, -0.2) is 4.98 Å². The van der Waals surface area contributed by atoms with Crippen molar-refractivity contribution in [2.75, 3.05) is 32.8 Å². The van der Waals surface area contributed by atoms with Gasteiger partial charge in [0.25, 0.3) is 5.91 Å². The van der Waals surface area contributed by atoms with Crippen LogP contribution in [-0.2, 0) is 16.0 Å². The van der Waals surface area contributed by atoms with Crippen molar-refractivity contribution in [1.82, 2.24) is 15.2 Å². The van der Waals surface area contributed by atoms with Gasteiger partial charge >= 0.3 is 0 Å². The number of nitrogens with zero attached hydrogens (tertiary/aromatic N) is 2. The topological polar surface area (TPSA) is 71.5 Å². The molecule has 0 aliphatic carbocycles. The molecular formula is C14H25N3O3S. The van der Waals surface area contributed by atoms with E-state index in [4.69, 9.17) is 4.74 Å². The maximum absolute atomic E-state index is 11.9. The van der Waals surface area contributed by atoms with Gasteiger partial charge < -0.3 is 15.0 Å². The zero-order valence-corrected chi connectivity index (χ0v) is 12.4. The molecule has 120 valence electrons. The van der Waals surface area contributed by atoms with Crippen LogP contribution in [0.3, 0.4) is 0 Å². The highest BCUT2D eigenvalue weighted by Gasteiger charge is 2.17. The van der Waals surface area contributed by atoms with Gasteiger partial charge in [-0.3, -0.25) is 9.59 Å². The molecule has 1 saturated heterocycles. The molecule has 0 saturated carbocycles. The van der Waals surface area contributed by atoms with E-state index in [0.29, 0.717) is 44.3 Å². The molecule has 1 aromatic rings. The Kier molecular flexibility index (Phi) is 7.31. The number of aryl methyl sites for hydroxylation is 1. The summed E-state index contributed by atoms with van der Waals surface area (Å²) < 4.78 is 5.19. The van der Waals surface area contributed by atoms with Crippen molar-refractivity contribution in [2.24, 2.45) is 0 Å². The number of hydrogen-bond acceptors (Lipinski definition) is 5. The lowest BCUT2D eigenvalue weighted by Crippen LogP contribution is -2.42. The maximum Gasteiger partial charge on any atom is 0.280 e. The van der Waals surface area contributed by atoms with Gasteiger partial charge in [-0.1, -0.05) is 14.4 Å². The van der Waals surface area contributed by atoms with Crippen LogP contribution < -0.4 is 5.32 Å². The summed E-state index contributed by atoms with van der Waals surface area (Å²) >= 11 is 1.39. The largest absolute Gasteiger partial charge is 0.378 e. The average molecular weight is 315 g/mol. The predicted molar refractivity (Wildman–Crippen MR) is 84.7 cm³/mol. The fraction of sp³-hybridized carbons (Fsp3) is 0.643. The highest BCUT2D eigenvalue weighted by Crippen LogP contribution is 2.12. The van der Waals surface area contributed by atoms with E-state index >= 15 is 0 Å². The smallest absolute Gasteiger partial charge is 0.280 e. The number of amides is 2. The van der Waals surface area contributed by atoms with Crippen molar-refractivity contribution >= 4 is 23.2 Å². The number of ether oxygens (including phenoxy) is 1. The van der Waals surface area contributed by atoms with Crippen molar-refractivity contribution in [3.05, 3.63) is 16.1 Å². The summed E-state index contributed by atoms with van der Waals surface area (Å²) in [5, 5.41) is 3.20. The number of rotatable bonds is 5. The summed E-state index contributed by atoms with van der Waals surface area (Å²) in [6.45, 7) is 4.83. The van der Waals surface area contributed by atoms with Crippen molar-refractivity contribution in [2.45, 2.75) is 27.2 Å². The van der Waals surface area contributed by atoms with Crippen molar-refractivity contribution in [1.29, 1.82) is 0 Å². The Bertz CT molecular complexity index is 476. The second-order valence-electron chi connectivity index (χ2n) is 4.48. The SMILES string of the molecule is C.CCc1cnc(C(=O)NCCC(=O)N2CCOCC2)s1.[HH]. The van der Waals surface area contributed by atoms with Crippen LogP contribution in [0.1, 0.15) is 36.9 Å². The molecule has 1 aliphatic heterocycles. The molecule has 2 amide bonds. The fourth-order valence-corrected chi connectivity index (χ4v) is 2.67. The van der Waals surface area contributed by atoms with Crippen molar-refractivity contribution in [3.63, 3.8) is 0 Å². The maximum atomic E-state index is 11.9. The first kappa shape index (κ1) is 17.6. The lowest BCUT2D eigenvalue weighted by Gasteiger charge is -2.26. The standard InChI is InChI=1S/C13H19N3O3S.CH4.H2/c1-2-10-9-15-13(20-10)12(18)14-4-3-11(17)16-5-7-19-8-6-16;;/h9H,2-8H2,1H3,(H,14,18);1H4;1H. The predicted octanol–water partition coefficient (Wildman–Crippen LogP) is 1.57. The number of morpholine rings is 1. The van der Waals surface area contributed by atoms with Gasteiger partial charge in [0.15, 0.2) is 5.01 Å². The number of nitrogens with one attached hydrogen (secondary N) is 1. The van der Waals surface area contributed by atoms with E-state index in [1.54, 1.807) is 11.1 Å². The summed E-state index contributed by atoms with van der Waals surface area (Å²) in [6.07, 6.45) is 2.91. The first-order valence-electron chi connectivity index (χ1n) is 6.79. The van der Waals surface area contributed by atoms with Crippen molar-refractivity contribution in [3.8, 4) is 0 Å². The molecule has 2 heterocycles. The van der Waals surface area contributed by atoms with Crippen LogP contribution in [-0.4, -0.2) is 54.5 Å². The zero-order chi connectivity index (χ0) is 14.4. The van der Waals surface area contributed by atoms with Crippen LogP contribution in [0.15, 0.2) is 6.20 Å². The van der Waals surface area contributed by atoms with E-state index in [-0.39, 0.29) is 20.7 Å². The third kappa shape index (κ3) is 5.09. The van der Waals surface area contributed by atoms with Gasteiger partial charge in [0.2, 0.25) is 5.91 Å².